The van der Waals surface area contributed by atoms with Crippen molar-refractivity contribution >= 4 is 24.6 Å². The molecular weight excluding hydrogens is 480 g/mol. The molecule has 0 aromatic heterocycles. The van der Waals surface area contributed by atoms with Crippen LogP contribution >= 0.6 is 0 Å². The molecular formula is C25H26N6O6. The summed E-state index contributed by atoms with van der Waals surface area (Å²) in [6, 6.07) is 14.4. The van der Waals surface area contributed by atoms with Crippen LogP contribution in [0.4, 0.5) is 0 Å². The number of hydrogen-bond acceptors (Lipinski definition) is 10. The Morgan fingerprint density at radius 1 is 0.622 bits per heavy atom. The first-order chi connectivity index (χ1) is 17.9. The van der Waals surface area contributed by atoms with Gasteiger partial charge in [0.2, 0.25) is 0 Å². The van der Waals surface area contributed by atoms with Crippen LogP contribution in [-0.2, 0) is 0 Å². The van der Waals surface area contributed by atoms with E-state index >= 15 is 0 Å². The van der Waals surface area contributed by atoms with Gasteiger partial charge in [-0.1, -0.05) is 0 Å². The number of phenols is 3. The fourth-order valence-electron chi connectivity index (χ4n) is 2.92. The Bertz CT molecular complexity index is 1270. The number of nitrogens with one attached hydrogen (secondary N) is 2. The Kier molecular flexibility index (Phi) is 9.25. The van der Waals surface area contributed by atoms with Crippen LogP contribution in [0, 0.1) is 0 Å². The molecule has 0 bridgehead atoms. The molecule has 0 aliphatic heterocycles. The van der Waals surface area contributed by atoms with Gasteiger partial charge in [-0.2, -0.15) is 15.3 Å². The predicted molar refractivity (Wildman–Crippen MR) is 140 cm³/mol. The van der Waals surface area contributed by atoms with Crippen LogP contribution in [0.1, 0.15) is 16.7 Å². The highest BCUT2D eigenvalue weighted by atomic mass is 16.5. The Labute approximate surface area is 212 Å². The third kappa shape index (κ3) is 7.62. The Balaban J connectivity index is 1.76. The molecule has 3 rings (SSSR count). The molecule has 0 saturated carbocycles. The monoisotopic (exact) mass is 506 g/mol. The van der Waals surface area contributed by atoms with E-state index in [1.54, 1.807) is 36.4 Å². The summed E-state index contributed by atoms with van der Waals surface area (Å²) in [5.74, 6) is 0.973. The molecule has 0 aliphatic rings. The molecule has 3 aromatic carbocycles. The van der Waals surface area contributed by atoms with Crippen LogP contribution in [0.25, 0.3) is 0 Å². The minimum absolute atomic E-state index is 0.0295. The first kappa shape index (κ1) is 26.3. The molecule has 0 spiro atoms. The summed E-state index contributed by atoms with van der Waals surface area (Å²) in [4.78, 5) is 0. The lowest BCUT2D eigenvalue weighted by atomic mass is 10.2. The number of aromatic hydroxyl groups is 3. The van der Waals surface area contributed by atoms with Gasteiger partial charge in [0.25, 0.3) is 5.96 Å². The number of guanidine groups is 1. The molecule has 12 heteroatoms. The predicted octanol–water partition coefficient (Wildman–Crippen LogP) is 2.77. The summed E-state index contributed by atoms with van der Waals surface area (Å²) in [7, 11) is 4.37. The van der Waals surface area contributed by atoms with Gasteiger partial charge >= 0.3 is 0 Å². The standard InChI is InChI=1S/C25H26N6O6/c1-35-22-7-4-16(10-19(22)32)13-26-29-25(30-27-14-17-5-8-23(36-2)20(33)11-17)31-28-15-18-6-9-24(37-3)21(34)12-18/h4-15,32-34H,1-3H3,(H2,29,30,31). The van der Waals surface area contributed by atoms with Gasteiger partial charge in [0, 0.05) is 0 Å². The summed E-state index contributed by atoms with van der Waals surface area (Å²) in [5, 5.41) is 45.9. The van der Waals surface area contributed by atoms with Crippen LogP contribution < -0.4 is 25.1 Å². The highest BCUT2D eigenvalue weighted by Crippen LogP contribution is 2.27. The molecule has 3 aromatic rings. The number of nitrogens with zero attached hydrogens (tertiary/aromatic N) is 4. The van der Waals surface area contributed by atoms with Crippen molar-refractivity contribution in [3.63, 3.8) is 0 Å². The highest BCUT2D eigenvalue weighted by Gasteiger charge is 2.03. The molecule has 0 atom stereocenters. The average Bonchev–Trinajstić information content (AvgIpc) is 2.89. The van der Waals surface area contributed by atoms with E-state index in [2.05, 4.69) is 31.3 Å². The second kappa shape index (κ2) is 13.0. The minimum atomic E-state index is -0.0356. The van der Waals surface area contributed by atoms with Crippen LogP contribution in [0.2, 0.25) is 0 Å². The fraction of sp³-hybridized carbons (Fsp3) is 0.120. The lowest BCUT2D eigenvalue weighted by Gasteiger charge is -2.05. The largest absolute Gasteiger partial charge is 0.504 e. The number of methoxy groups -OCH3 is 3. The van der Waals surface area contributed by atoms with E-state index in [-0.39, 0.29) is 23.2 Å². The van der Waals surface area contributed by atoms with Gasteiger partial charge in [0.05, 0.1) is 40.0 Å². The quantitative estimate of drug-likeness (QED) is 0.168. The number of hydrazone groups is 2. The summed E-state index contributed by atoms with van der Waals surface area (Å²) in [5.41, 5.74) is 7.13. The molecule has 5 N–H and O–H groups in total. The molecule has 0 fully saturated rings. The first-order valence-electron chi connectivity index (χ1n) is 10.7. The van der Waals surface area contributed by atoms with Crippen molar-refractivity contribution in [1.29, 1.82) is 0 Å². The minimum Gasteiger partial charge on any atom is -0.504 e. The molecule has 37 heavy (non-hydrogen) atoms. The lowest BCUT2D eigenvalue weighted by Crippen LogP contribution is -2.30. The molecule has 0 saturated heterocycles. The molecule has 12 nitrogen and oxygen atoms in total. The summed E-state index contributed by atoms with van der Waals surface area (Å²) < 4.78 is 15.1. The van der Waals surface area contributed by atoms with Crippen molar-refractivity contribution in [2.24, 2.45) is 20.4 Å². The zero-order chi connectivity index (χ0) is 26.6. The van der Waals surface area contributed by atoms with E-state index in [0.717, 1.165) is 0 Å². The van der Waals surface area contributed by atoms with Gasteiger partial charge in [-0.05, 0) is 71.3 Å². The maximum atomic E-state index is 9.92. The molecule has 0 unspecified atom stereocenters. The molecule has 0 aliphatic carbocycles. The second-order valence-corrected chi connectivity index (χ2v) is 7.23. The van der Waals surface area contributed by atoms with Crippen LogP contribution in [0.5, 0.6) is 34.5 Å². The summed E-state index contributed by atoms with van der Waals surface area (Å²) in [6.45, 7) is 0. The van der Waals surface area contributed by atoms with Crippen LogP contribution in [0.15, 0.2) is 75.0 Å². The number of ether oxygens (including phenoxy) is 3. The Hall–Kier alpha value is -5.26. The van der Waals surface area contributed by atoms with Gasteiger partial charge in [-0.15, -0.1) is 5.10 Å². The molecule has 0 amide bonds. The van der Waals surface area contributed by atoms with Crippen molar-refractivity contribution in [3.8, 4) is 34.5 Å². The summed E-state index contributed by atoms with van der Waals surface area (Å²) in [6.07, 6.45) is 4.32. The number of benzene rings is 3. The van der Waals surface area contributed by atoms with Crippen molar-refractivity contribution in [1.82, 2.24) is 10.9 Å². The Morgan fingerprint density at radius 3 is 1.35 bits per heavy atom. The topological polar surface area (TPSA) is 162 Å². The van der Waals surface area contributed by atoms with E-state index in [4.69, 9.17) is 14.2 Å². The SMILES string of the molecule is COc1ccc(C=NN=C(NN=Cc2ccc(OC)c(O)c2)NN=Cc2ccc(OC)c(O)c2)cc1O. The average molecular weight is 507 g/mol. The third-order valence-corrected chi connectivity index (χ3v) is 4.74. The van der Waals surface area contributed by atoms with Crippen LogP contribution in [-0.4, -0.2) is 61.3 Å². The van der Waals surface area contributed by atoms with Gasteiger partial charge < -0.3 is 29.5 Å². The Morgan fingerprint density at radius 2 is 1.00 bits per heavy atom. The van der Waals surface area contributed by atoms with E-state index in [1.165, 1.54) is 58.2 Å². The van der Waals surface area contributed by atoms with Crippen molar-refractivity contribution in [2.75, 3.05) is 21.3 Å². The maximum absolute atomic E-state index is 9.92. The van der Waals surface area contributed by atoms with E-state index in [9.17, 15) is 15.3 Å². The lowest BCUT2D eigenvalue weighted by molar-refractivity contribution is 0.373. The van der Waals surface area contributed by atoms with Gasteiger partial charge in [-0.25, -0.2) is 10.9 Å². The van der Waals surface area contributed by atoms with E-state index in [0.29, 0.717) is 33.9 Å². The molecule has 0 radical (unpaired) electrons. The van der Waals surface area contributed by atoms with E-state index in [1.807, 2.05) is 0 Å². The van der Waals surface area contributed by atoms with Crippen molar-refractivity contribution in [3.05, 3.63) is 71.3 Å². The van der Waals surface area contributed by atoms with Gasteiger partial charge in [0.1, 0.15) is 0 Å². The normalized spacial score (nSPS) is 11.1. The molecule has 0 heterocycles. The zero-order valence-corrected chi connectivity index (χ0v) is 20.3. The van der Waals surface area contributed by atoms with Crippen molar-refractivity contribution < 1.29 is 29.5 Å². The number of phenolic OH excluding ortho intramolecular Hbond substituents is 3. The van der Waals surface area contributed by atoms with E-state index < -0.39 is 0 Å². The van der Waals surface area contributed by atoms with Gasteiger partial charge in [-0.3, -0.25) is 0 Å². The van der Waals surface area contributed by atoms with Crippen molar-refractivity contribution in [2.45, 2.75) is 0 Å². The van der Waals surface area contributed by atoms with Gasteiger partial charge in [0.15, 0.2) is 34.5 Å². The zero-order valence-electron chi connectivity index (χ0n) is 20.3. The smallest absolute Gasteiger partial charge is 0.257 e. The molecule has 192 valence electrons. The van der Waals surface area contributed by atoms with Crippen LogP contribution in [0.3, 0.4) is 0 Å². The maximum Gasteiger partial charge on any atom is 0.257 e. The fourth-order valence-corrected chi connectivity index (χ4v) is 2.92. The number of hydrogen-bond donors (Lipinski definition) is 5. The third-order valence-electron chi connectivity index (χ3n) is 4.74. The second-order valence-electron chi connectivity index (χ2n) is 7.23. The summed E-state index contributed by atoms with van der Waals surface area (Å²) >= 11 is 0. The first-order valence-corrected chi connectivity index (χ1v) is 10.7. The highest BCUT2D eigenvalue weighted by molar-refractivity contribution is 5.87. The number of rotatable bonds is 9.